The maximum atomic E-state index is 11.5. The normalized spacial score (nSPS) is 25.6. The number of nitrogen functional groups attached to an aromatic ring is 1. The highest BCUT2D eigenvalue weighted by molar-refractivity contribution is 5.23. The zero-order chi connectivity index (χ0) is 11.5. The fourth-order valence-electron chi connectivity index (χ4n) is 1.50. The van der Waals surface area contributed by atoms with Gasteiger partial charge >= 0.3 is 5.69 Å². The summed E-state index contributed by atoms with van der Waals surface area (Å²) in [4.78, 5) is 15.1. The molecule has 2 rings (SSSR count). The van der Waals surface area contributed by atoms with E-state index in [-0.39, 0.29) is 18.5 Å². The van der Waals surface area contributed by atoms with Crippen LogP contribution in [0.15, 0.2) is 17.1 Å². The minimum atomic E-state index is -0.603. The molecule has 7 nitrogen and oxygen atoms in total. The molecule has 16 heavy (non-hydrogen) atoms. The molecule has 1 saturated heterocycles. The van der Waals surface area contributed by atoms with Crippen molar-refractivity contribution in [3.63, 3.8) is 0 Å². The van der Waals surface area contributed by atoms with Crippen LogP contribution in [0.2, 0.25) is 0 Å². The van der Waals surface area contributed by atoms with Gasteiger partial charge in [-0.2, -0.15) is 4.98 Å². The van der Waals surface area contributed by atoms with E-state index in [0.717, 1.165) is 0 Å². The van der Waals surface area contributed by atoms with Crippen molar-refractivity contribution >= 4 is 5.82 Å². The van der Waals surface area contributed by atoms with Crippen molar-refractivity contribution in [3.05, 3.63) is 22.7 Å². The van der Waals surface area contributed by atoms with Gasteiger partial charge in [0.2, 0.25) is 0 Å². The Morgan fingerprint density at radius 1 is 1.56 bits per heavy atom. The average Bonchev–Trinajstić information content (AvgIpc) is 2.29. The monoisotopic (exact) mass is 227 g/mol. The first kappa shape index (κ1) is 11.1. The SMILES string of the molecule is Nc1ccn(C2COC(CO)OC2)c(=O)n1. The second-order valence-corrected chi connectivity index (χ2v) is 3.47. The summed E-state index contributed by atoms with van der Waals surface area (Å²) in [5.41, 5.74) is 4.95. The van der Waals surface area contributed by atoms with E-state index in [1.54, 1.807) is 12.3 Å². The molecule has 1 aliphatic rings. The second-order valence-electron chi connectivity index (χ2n) is 3.47. The third-order valence-corrected chi connectivity index (χ3v) is 2.34. The van der Waals surface area contributed by atoms with Crippen molar-refractivity contribution in [2.45, 2.75) is 12.3 Å². The molecule has 7 heteroatoms. The molecule has 2 heterocycles. The number of nitrogens with two attached hydrogens (primary N) is 1. The van der Waals surface area contributed by atoms with E-state index < -0.39 is 12.0 Å². The van der Waals surface area contributed by atoms with Crippen LogP contribution in [0.3, 0.4) is 0 Å². The van der Waals surface area contributed by atoms with Crippen LogP contribution in [-0.2, 0) is 9.47 Å². The van der Waals surface area contributed by atoms with Gasteiger partial charge in [0, 0.05) is 6.20 Å². The van der Waals surface area contributed by atoms with Crippen molar-refractivity contribution in [1.82, 2.24) is 9.55 Å². The maximum Gasteiger partial charge on any atom is 0.349 e. The van der Waals surface area contributed by atoms with Crippen LogP contribution >= 0.6 is 0 Å². The number of ether oxygens (including phenoxy) is 2. The minimum absolute atomic E-state index is 0.187. The van der Waals surface area contributed by atoms with Gasteiger partial charge in [-0.3, -0.25) is 4.57 Å². The Bertz CT molecular complexity index is 411. The topological polar surface area (TPSA) is 99.6 Å². The number of nitrogens with zero attached hydrogens (tertiary/aromatic N) is 2. The van der Waals surface area contributed by atoms with Crippen LogP contribution in [-0.4, -0.2) is 40.8 Å². The molecular weight excluding hydrogens is 214 g/mol. The number of rotatable bonds is 2. The van der Waals surface area contributed by atoms with Crippen molar-refractivity contribution in [3.8, 4) is 0 Å². The van der Waals surface area contributed by atoms with Gasteiger partial charge in [-0.1, -0.05) is 0 Å². The molecule has 0 spiro atoms. The van der Waals surface area contributed by atoms with Gasteiger partial charge in [-0.25, -0.2) is 4.79 Å². The lowest BCUT2D eigenvalue weighted by Crippen LogP contribution is -2.39. The van der Waals surface area contributed by atoms with E-state index in [4.69, 9.17) is 20.3 Å². The number of aromatic nitrogens is 2. The molecule has 0 radical (unpaired) electrons. The first-order valence-electron chi connectivity index (χ1n) is 4.89. The summed E-state index contributed by atoms with van der Waals surface area (Å²) >= 11 is 0. The number of aliphatic hydroxyl groups excluding tert-OH is 1. The Kier molecular flexibility index (Phi) is 3.18. The van der Waals surface area contributed by atoms with Crippen molar-refractivity contribution < 1.29 is 14.6 Å². The summed E-state index contributed by atoms with van der Waals surface area (Å²) in [6.45, 7) is 0.412. The molecule has 1 aromatic rings. The van der Waals surface area contributed by atoms with E-state index >= 15 is 0 Å². The molecule has 1 aromatic heterocycles. The van der Waals surface area contributed by atoms with E-state index in [1.807, 2.05) is 0 Å². The predicted octanol–water partition coefficient (Wildman–Crippen LogP) is -1.27. The number of anilines is 1. The lowest BCUT2D eigenvalue weighted by Gasteiger charge is -2.29. The molecule has 0 aliphatic carbocycles. The van der Waals surface area contributed by atoms with Crippen LogP contribution in [0.25, 0.3) is 0 Å². The molecule has 0 unspecified atom stereocenters. The first-order chi connectivity index (χ1) is 7.70. The van der Waals surface area contributed by atoms with Gasteiger partial charge in [0.15, 0.2) is 6.29 Å². The highest BCUT2D eigenvalue weighted by atomic mass is 16.7. The number of aliphatic hydroxyl groups is 1. The molecule has 0 amide bonds. The van der Waals surface area contributed by atoms with E-state index in [1.165, 1.54) is 4.57 Å². The minimum Gasteiger partial charge on any atom is -0.391 e. The fraction of sp³-hybridized carbons (Fsp3) is 0.556. The molecule has 0 bridgehead atoms. The Hall–Kier alpha value is -1.44. The van der Waals surface area contributed by atoms with Gasteiger partial charge in [0.1, 0.15) is 5.82 Å². The Balaban J connectivity index is 2.11. The van der Waals surface area contributed by atoms with Gasteiger partial charge in [-0.15, -0.1) is 0 Å². The molecule has 88 valence electrons. The highest BCUT2D eigenvalue weighted by Crippen LogP contribution is 2.14. The zero-order valence-corrected chi connectivity index (χ0v) is 8.57. The van der Waals surface area contributed by atoms with Gasteiger partial charge in [0.25, 0.3) is 0 Å². The summed E-state index contributed by atoms with van der Waals surface area (Å²) < 4.78 is 11.8. The Morgan fingerprint density at radius 2 is 2.25 bits per heavy atom. The smallest absolute Gasteiger partial charge is 0.349 e. The van der Waals surface area contributed by atoms with Crippen molar-refractivity contribution in [1.29, 1.82) is 0 Å². The zero-order valence-electron chi connectivity index (χ0n) is 8.57. The third kappa shape index (κ3) is 2.21. The standard InChI is InChI=1S/C9H13N3O4/c10-7-1-2-12(9(14)11-7)6-4-15-8(3-13)16-5-6/h1-2,6,8,13H,3-5H2,(H2,10,11,14). The Morgan fingerprint density at radius 3 is 2.81 bits per heavy atom. The second kappa shape index (κ2) is 4.60. The van der Waals surface area contributed by atoms with Crippen LogP contribution < -0.4 is 11.4 Å². The molecule has 0 atom stereocenters. The predicted molar refractivity (Wildman–Crippen MR) is 54.7 cm³/mol. The molecule has 3 N–H and O–H groups in total. The van der Waals surface area contributed by atoms with E-state index in [0.29, 0.717) is 13.2 Å². The molecule has 1 aliphatic heterocycles. The lowest BCUT2D eigenvalue weighted by atomic mass is 10.3. The van der Waals surface area contributed by atoms with Crippen molar-refractivity contribution in [2.24, 2.45) is 0 Å². The van der Waals surface area contributed by atoms with Gasteiger partial charge < -0.3 is 20.3 Å². The maximum absolute atomic E-state index is 11.5. The summed E-state index contributed by atoms with van der Waals surface area (Å²) in [5, 5.41) is 8.79. The molecule has 0 saturated carbocycles. The largest absolute Gasteiger partial charge is 0.391 e. The average molecular weight is 227 g/mol. The van der Waals surface area contributed by atoms with Gasteiger partial charge in [-0.05, 0) is 6.07 Å². The van der Waals surface area contributed by atoms with Crippen molar-refractivity contribution in [2.75, 3.05) is 25.6 Å². The van der Waals surface area contributed by atoms with Crippen LogP contribution in [0.5, 0.6) is 0 Å². The van der Waals surface area contributed by atoms with E-state index in [9.17, 15) is 4.79 Å². The van der Waals surface area contributed by atoms with Gasteiger partial charge in [0.05, 0.1) is 25.9 Å². The number of hydrogen-bond acceptors (Lipinski definition) is 6. The van der Waals surface area contributed by atoms with E-state index in [2.05, 4.69) is 4.98 Å². The van der Waals surface area contributed by atoms with Crippen LogP contribution in [0.1, 0.15) is 6.04 Å². The summed E-state index contributed by atoms with van der Waals surface area (Å²) in [7, 11) is 0. The summed E-state index contributed by atoms with van der Waals surface area (Å²) in [6, 6.07) is 1.31. The quantitative estimate of drug-likeness (QED) is 0.653. The fourth-order valence-corrected chi connectivity index (χ4v) is 1.50. The molecular formula is C9H13N3O4. The highest BCUT2D eigenvalue weighted by Gasteiger charge is 2.23. The Labute approximate surface area is 91.4 Å². The lowest BCUT2D eigenvalue weighted by molar-refractivity contribution is -0.211. The third-order valence-electron chi connectivity index (χ3n) is 2.34. The summed E-state index contributed by atoms with van der Waals surface area (Å²) in [6.07, 6.45) is 0.954. The van der Waals surface area contributed by atoms with Crippen LogP contribution in [0.4, 0.5) is 5.82 Å². The first-order valence-corrected chi connectivity index (χ1v) is 4.89. The van der Waals surface area contributed by atoms with Crippen LogP contribution in [0, 0.1) is 0 Å². The number of hydrogen-bond donors (Lipinski definition) is 2. The molecule has 1 fully saturated rings. The summed E-state index contributed by atoms with van der Waals surface area (Å²) in [5.74, 6) is 0.187. The molecule has 0 aromatic carbocycles.